The van der Waals surface area contributed by atoms with Gasteiger partial charge in [0.25, 0.3) is 5.91 Å². The van der Waals surface area contributed by atoms with Crippen LogP contribution in [-0.4, -0.2) is 49.8 Å². The van der Waals surface area contributed by atoms with E-state index in [4.69, 9.17) is 0 Å². The number of urea groups is 1. The van der Waals surface area contributed by atoms with Gasteiger partial charge in [0.2, 0.25) is 0 Å². The average molecular weight is 438 g/mol. The zero-order chi connectivity index (χ0) is 21.9. The lowest BCUT2D eigenvalue weighted by molar-refractivity contribution is -0.117. The van der Waals surface area contributed by atoms with Gasteiger partial charge in [0.1, 0.15) is 18.0 Å². The van der Waals surface area contributed by atoms with Gasteiger partial charge in [-0.3, -0.25) is 4.79 Å². The Morgan fingerprint density at radius 2 is 1.97 bits per heavy atom. The Morgan fingerprint density at radius 3 is 2.53 bits per heavy atom. The highest BCUT2D eigenvalue weighted by Crippen LogP contribution is 2.36. The number of phenols is 1. The quantitative estimate of drug-likeness (QED) is 0.442. The van der Waals surface area contributed by atoms with Gasteiger partial charge < -0.3 is 20.8 Å². The molecule has 12 heteroatoms. The number of nitrogens with zero attached hydrogens (tertiary/aromatic N) is 1. The Bertz CT molecular complexity index is 1040. The number of carbonyl (C=O) groups excluding carboxylic acids is 2. The third kappa shape index (κ3) is 4.78. The third-order valence-corrected chi connectivity index (χ3v) is 5.63. The SMILES string of the molecule is O=C1CN(c2c(O)cc(NC(=O)N[C@H](CO)Cc3ccccc3)cc2F)S(=O)(=O)N1. The number of benzene rings is 2. The molecule has 0 spiro atoms. The molecule has 1 aliphatic rings. The molecule has 3 rings (SSSR count). The summed E-state index contributed by atoms with van der Waals surface area (Å²) in [4.78, 5) is 23.5. The fourth-order valence-electron chi connectivity index (χ4n) is 2.96. The smallest absolute Gasteiger partial charge is 0.326 e. The number of aromatic hydroxyl groups is 1. The maximum atomic E-state index is 14.5. The minimum absolute atomic E-state index is 0.154. The monoisotopic (exact) mass is 438 g/mol. The summed E-state index contributed by atoms with van der Waals surface area (Å²) in [6.07, 6.45) is 0.358. The van der Waals surface area contributed by atoms with Crippen molar-refractivity contribution in [2.75, 3.05) is 22.8 Å². The average Bonchev–Trinajstić information content (AvgIpc) is 2.93. The summed E-state index contributed by atoms with van der Waals surface area (Å²) in [5.41, 5.74) is 0.0232. The Morgan fingerprint density at radius 1 is 1.27 bits per heavy atom. The van der Waals surface area contributed by atoms with Gasteiger partial charge in [-0.25, -0.2) is 18.2 Å². The van der Waals surface area contributed by atoms with E-state index in [1.54, 1.807) is 4.72 Å². The minimum atomic E-state index is -4.31. The van der Waals surface area contributed by atoms with Crippen LogP contribution in [-0.2, 0) is 21.4 Å². The van der Waals surface area contributed by atoms with Gasteiger partial charge >= 0.3 is 16.2 Å². The molecule has 10 nitrogen and oxygen atoms in total. The summed E-state index contributed by atoms with van der Waals surface area (Å²) in [7, 11) is -4.31. The first-order chi connectivity index (χ1) is 14.2. The number of nitrogens with one attached hydrogen (secondary N) is 3. The van der Waals surface area contributed by atoms with E-state index in [-0.39, 0.29) is 12.3 Å². The lowest BCUT2D eigenvalue weighted by Gasteiger charge is -2.19. The second-order valence-corrected chi connectivity index (χ2v) is 8.13. The molecule has 1 atom stereocenters. The van der Waals surface area contributed by atoms with E-state index in [1.165, 1.54) is 0 Å². The number of carbonyl (C=O) groups is 2. The molecule has 1 heterocycles. The molecule has 2 aromatic carbocycles. The van der Waals surface area contributed by atoms with Gasteiger partial charge in [-0.15, -0.1) is 0 Å². The molecule has 30 heavy (non-hydrogen) atoms. The van der Waals surface area contributed by atoms with Crippen LogP contribution in [0.4, 0.5) is 20.6 Å². The molecule has 0 unspecified atom stereocenters. The minimum Gasteiger partial charge on any atom is -0.506 e. The van der Waals surface area contributed by atoms with E-state index in [0.29, 0.717) is 10.7 Å². The maximum Gasteiger partial charge on any atom is 0.326 e. The number of amides is 3. The van der Waals surface area contributed by atoms with E-state index < -0.39 is 52.0 Å². The van der Waals surface area contributed by atoms with Crippen molar-refractivity contribution in [1.29, 1.82) is 0 Å². The first-order valence-electron chi connectivity index (χ1n) is 8.77. The van der Waals surface area contributed by atoms with E-state index in [0.717, 1.165) is 17.7 Å². The van der Waals surface area contributed by atoms with Crippen molar-refractivity contribution in [3.05, 3.63) is 53.8 Å². The number of hydrogen-bond donors (Lipinski definition) is 5. The Labute approximate surface area is 171 Å². The fourth-order valence-corrected chi connectivity index (χ4v) is 4.13. The topological polar surface area (TPSA) is 148 Å². The van der Waals surface area contributed by atoms with Crippen LogP contribution in [0.1, 0.15) is 5.56 Å². The van der Waals surface area contributed by atoms with Crippen molar-refractivity contribution in [2.45, 2.75) is 12.5 Å². The molecule has 0 saturated carbocycles. The van der Waals surface area contributed by atoms with Crippen LogP contribution in [0.25, 0.3) is 0 Å². The van der Waals surface area contributed by atoms with Crippen LogP contribution in [0.15, 0.2) is 42.5 Å². The molecule has 3 amide bonds. The van der Waals surface area contributed by atoms with Gasteiger partial charge in [0.15, 0.2) is 5.82 Å². The molecular weight excluding hydrogens is 419 g/mol. The molecule has 1 saturated heterocycles. The summed E-state index contributed by atoms with van der Waals surface area (Å²) in [5.74, 6) is -2.81. The largest absolute Gasteiger partial charge is 0.506 e. The van der Waals surface area contributed by atoms with Gasteiger partial charge in [0, 0.05) is 11.8 Å². The number of aliphatic hydroxyl groups excluding tert-OH is 1. The first-order valence-corrected chi connectivity index (χ1v) is 10.2. The lowest BCUT2D eigenvalue weighted by atomic mass is 10.1. The van der Waals surface area contributed by atoms with Gasteiger partial charge in [-0.2, -0.15) is 8.42 Å². The highest BCUT2D eigenvalue weighted by atomic mass is 32.2. The van der Waals surface area contributed by atoms with E-state index >= 15 is 0 Å². The third-order valence-electron chi connectivity index (χ3n) is 4.25. The van der Waals surface area contributed by atoms with Crippen LogP contribution in [0.5, 0.6) is 5.75 Å². The predicted molar refractivity (Wildman–Crippen MR) is 106 cm³/mol. The second kappa shape index (κ2) is 8.55. The van der Waals surface area contributed by atoms with Crippen LogP contribution in [0, 0.1) is 5.82 Å². The first kappa shape index (κ1) is 21.3. The Balaban J connectivity index is 1.71. The summed E-state index contributed by atoms with van der Waals surface area (Å²) in [6, 6.07) is 9.52. The van der Waals surface area contributed by atoms with Gasteiger partial charge in [-0.05, 0) is 18.1 Å². The van der Waals surface area contributed by atoms with Crippen molar-refractivity contribution in [1.82, 2.24) is 10.0 Å². The van der Waals surface area contributed by atoms with Crippen molar-refractivity contribution >= 4 is 33.5 Å². The predicted octanol–water partition coefficient (Wildman–Crippen LogP) is 0.437. The van der Waals surface area contributed by atoms with Gasteiger partial charge in [-0.1, -0.05) is 30.3 Å². The summed E-state index contributed by atoms with van der Waals surface area (Å²) >= 11 is 0. The normalized spacial score (nSPS) is 16.1. The number of halogens is 1. The van der Waals surface area contributed by atoms with Crippen molar-refractivity contribution in [2.24, 2.45) is 0 Å². The molecule has 0 aromatic heterocycles. The molecule has 0 bridgehead atoms. The molecule has 1 aliphatic heterocycles. The fraction of sp³-hybridized carbons (Fsp3) is 0.222. The van der Waals surface area contributed by atoms with Crippen molar-refractivity contribution in [3.63, 3.8) is 0 Å². The molecular formula is C18H19FN4O6S. The zero-order valence-electron chi connectivity index (χ0n) is 15.5. The number of hydrogen-bond acceptors (Lipinski definition) is 6. The molecule has 0 aliphatic carbocycles. The molecule has 160 valence electrons. The van der Waals surface area contributed by atoms with E-state index in [9.17, 15) is 32.6 Å². The molecule has 5 N–H and O–H groups in total. The molecule has 1 fully saturated rings. The van der Waals surface area contributed by atoms with Gasteiger partial charge in [0.05, 0.1) is 12.6 Å². The van der Waals surface area contributed by atoms with E-state index in [1.807, 2.05) is 30.3 Å². The van der Waals surface area contributed by atoms with Crippen LogP contribution >= 0.6 is 0 Å². The van der Waals surface area contributed by atoms with E-state index in [2.05, 4.69) is 10.6 Å². The van der Waals surface area contributed by atoms with Crippen LogP contribution < -0.4 is 19.7 Å². The highest BCUT2D eigenvalue weighted by Gasteiger charge is 2.37. The number of rotatable bonds is 6. The number of aliphatic hydroxyl groups is 1. The Hall–Kier alpha value is -3.38. The lowest BCUT2D eigenvalue weighted by Crippen LogP contribution is -2.41. The van der Waals surface area contributed by atoms with Crippen LogP contribution in [0.3, 0.4) is 0 Å². The second-order valence-electron chi connectivity index (χ2n) is 6.53. The highest BCUT2D eigenvalue weighted by molar-refractivity contribution is 7.92. The molecule has 2 aromatic rings. The number of phenolic OH excluding ortho intramolecular Hbond substituents is 1. The van der Waals surface area contributed by atoms with Crippen LogP contribution in [0.2, 0.25) is 0 Å². The number of anilines is 2. The summed E-state index contributed by atoms with van der Waals surface area (Å²) in [5, 5.41) is 24.4. The zero-order valence-corrected chi connectivity index (χ0v) is 16.3. The van der Waals surface area contributed by atoms with Crippen molar-refractivity contribution in [3.8, 4) is 5.75 Å². The van der Waals surface area contributed by atoms with Crippen molar-refractivity contribution < 1.29 is 32.6 Å². The summed E-state index contributed by atoms with van der Waals surface area (Å²) < 4.78 is 40.3. The summed E-state index contributed by atoms with van der Waals surface area (Å²) in [6.45, 7) is -1.02. The maximum absolute atomic E-state index is 14.5. The molecule has 0 radical (unpaired) electrons. The Kier molecular flexibility index (Phi) is 6.08. The standard InChI is InChI=1S/C18H19FN4O6S/c19-14-7-12(8-15(25)17(14)23-9-16(26)22-30(23,28)29)20-18(27)21-13(10-24)6-11-4-2-1-3-5-11/h1-5,7-8,13,24-25H,6,9-10H2,(H,22,26)(H2,20,21,27)/t13-/m0/s1.